The van der Waals surface area contributed by atoms with Crippen molar-refractivity contribution in [2.45, 2.75) is 46.1 Å². The Morgan fingerprint density at radius 3 is 2.82 bits per heavy atom. The van der Waals surface area contributed by atoms with Gasteiger partial charge in [0.1, 0.15) is 0 Å². The zero-order chi connectivity index (χ0) is 12.9. The normalized spacial score (nSPS) is 12.0. The first-order valence-electron chi connectivity index (χ1n) is 5.85. The van der Waals surface area contributed by atoms with Crippen LogP contribution in [0.5, 0.6) is 0 Å². The first kappa shape index (κ1) is 13.9. The van der Waals surface area contributed by atoms with E-state index in [0.717, 1.165) is 23.5 Å². The Kier molecular flexibility index (Phi) is 4.87. The lowest BCUT2D eigenvalue weighted by atomic mass is 9.99. The van der Waals surface area contributed by atoms with Crippen LogP contribution in [0.15, 0.2) is 11.5 Å². The molecule has 94 valence electrons. The van der Waals surface area contributed by atoms with E-state index in [-0.39, 0.29) is 11.4 Å². The van der Waals surface area contributed by atoms with Crippen LogP contribution in [-0.2, 0) is 4.79 Å². The Morgan fingerprint density at radius 2 is 2.29 bits per heavy atom. The lowest BCUT2D eigenvalue weighted by molar-refractivity contribution is -0.118. The number of amides is 1. The minimum absolute atomic E-state index is 0.0610. The number of rotatable bonds is 5. The number of hydrogen-bond acceptors (Lipinski definition) is 3. The first-order valence-corrected chi connectivity index (χ1v) is 6.73. The maximum atomic E-state index is 11.7. The van der Waals surface area contributed by atoms with E-state index in [1.54, 1.807) is 23.5 Å². The van der Waals surface area contributed by atoms with Crippen LogP contribution in [0.1, 0.15) is 44.3 Å². The third kappa shape index (κ3) is 5.13. The third-order valence-corrected chi connectivity index (χ3v) is 3.17. The Balaban J connectivity index is 2.52. The first-order chi connectivity index (χ1) is 7.93. The fourth-order valence-corrected chi connectivity index (χ4v) is 2.26. The van der Waals surface area contributed by atoms with E-state index in [2.05, 4.69) is 17.2 Å². The number of aromatic nitrogens is 1. The Bertz CT molecular complexity index is 407. The summed E-state index contributed by atoms with van der Waals surface area (Å²) in [4.78, 5) is 16.0. The second kappa shape index (κ2) is 5.96. The predicted molar refractivity (Wildman–Crippen MR) is 73.0 cm³/mol. The average molecular weight is 252 g/mol. The predicted octanol–water partition coefficient (Wildman–Crippen LogP) is 3.16. The largest absolute Gasteiger partial charge is 0.348 e. The number of thiazole rings is 1. The van der Waals surface area contributed by atoms with E-state index >= 15 is 0 Å². The van der Waals surface area contributed by atoms with Gasteiger partial charge < -0.3 is 5.32 Å². The van der Waals surface area contributed by atoms with Crippen molar-refractivity contribution in [1.29, 1.82) is 0 Å². The van der Waals surface area contributed by atoms with E-state index in [9.17, 15) is 4.79 Å². The maximum absolute atomic E-state index is 11.7. The van der Waals surface area contributed by atoms with E-state index in [0.29, 0.717) is 0 Å². The Labute approximate surface area is 107 Å². The van der Waals surface area contributed by atoms with E-state index in [1.165, 1.54) is 0 Å². The van der Waals surface area contributed by atoms with Crippen molar-refractivity contribution in [2.75, 3.05) is 0 Å². The summed E-state index contributed by atoms with van der Waals surface area (Å²) in [5.74, 6) is -0.0610. The number of carbonyl (C=O) groups is 1. The topological polar surface area (TPSA) is 42.0 Å². The van der Waals surface area contributed by atoms with Crippen molar-refractivity contribution in [2.24, 2.45) is 0 Å². The Hall–Kier alpha value is -1.16. The molecule has 3 nitrogen and oxygen atoms in total. The van der Waals surface area contributed by atoms with Crippen LogP contribution >= 0.6 is 11.3 Å². The lowest BCUT2D eigenvalue weighted by Gasteiger charge is -2.24. The second-order valence-electron chi connectivity index (χ2n) is 4.75. The van der Waals surface area contributed by atoms with Crippen molar-refractivity contribution >= 4 is 23.3 Å². The summed E-state index contributed by atoms with van der Waals surface area (Å²) in [6.45, 7) is 8.14. The molecule has 17 heavy (non-hydrogen) atoms. The smallest absolute Gasteiger partial charge is 0.244 e. The van der Waals surface area contributed by atoms with Crippen molar-refractivity contribution in [3.05, 3.63) is 22.2 Å². The highest BCUT2D eigenvalue weighted by Crippen LogP contribution is 2.11. The van der Waals surface area contributed by atoms with Crippen LogP contribution in [-0.4, -0.2) is 16.4 Å². The molecule has 1 rings (SSSR count). The van der Waals surface area contributed by atoms with Crippen molar-refractivity contribution < 1.29 is 4.79 Å². The van der Waals surface area contributed by atoms with E-state index in [1.807, 2.05) is 26.2 Å². The van der Waals surface area contributed by atoms with Gasteiger partial charge in [0.15, 0.2) is 0 Å². The minimum Gasteiger partial charge on any atom is -0.348 e. The van der Waals surface area contributed by atoms with Gasteiger partial charge in [0.2, 0.25) is 5.91 Å². The highest BCUT2D eigenvalue weighted by Gasteiger charge is 2.17. The zero-order valence-corrected chi connectivity index (χ0v) is 11.7. The molecular weight excluding hydrogens is 232 g/mol. The average Bonchev–Trinajstić information content (AvgIpc) is 2.60. The molecule has 0 spiro atoms. The standard InChI is InChI=1S/C13H20N2OS/c1-5-8-13(3,4)15-12(16)7-6-11-9-17-10(2)14-11/h6-7,9H,5,8H2,1-4H3,(H,15,16). The molecule has 0 aliphatic carbocycles. The molecule has 1 aromatic rings. The van der Waals surface area contributed by atoms with Crippen LogP contribution in [0.25, 0.3) is 6.08 Å². The summed E-state index contributed by atoms with van der Waals surface area (Å²) in [5.41, 5.74) is 0.699. The number of carbonyl (C=O) groups excluding carboxylic acids is 1. The van der Waals surface area contributed by atoms with Gasteiger partial charge in [0.25, 0.3) is 0 Å². The van der Waals surface area contributed by atoms with Crippen LogP contribution in [0.4, 0.5) is 0 Å². The number of hydrogen-bond donors (Lipinski definition) is 1. The summed E-state index contributed by atoms with van der Waals surface area (Å²) in [7, 11) is 0. The van der Waals surface area contributed by atoms with Gasteiger partial charge in [-0.3, -0.25) is 4.79 Å². The molecule has 0 bridgehead atoms. The van der Waals surface area contributed by atoms with Gasteiger partial charge in [-0.1, -0.05) is 13.3 Å². The second-order valence-corrected chi connectivity index (χ2v) is 5.81. The van der Waals surface area contributed by atoms with Crippen molar-refractivity contribution in [3.63, 3.8) is 0 Å². The molecule has 0 aromatic carbocycles. The minimum atomic E-state index is -0.145. The molecule has 0 aliphatic rings. The van der Waals surface area contributed by atoms with E-state index in [4.69, 9.17) is 0 Å². The lowest BCUT2D eigenvalue weighted by Crippen LogP contribution is -2.42. The highest BCUT2D eigenvalue weighted by molar-refractivity contribution is 7.09. The molecule has 1 heterocycles. The van der Waals surface area contributed by atoms with Crippen LogP contribution in [0.2, 0.25) is 0 Å². The molecule has 1 N–H and O–H groups in total. The van der Waals surface area contributed by atoms with Gasteiger partial charge in [-0.15, -0.1) is 11.3 Å². The quantitative estimate of drug-likeness (QED) is 0.818. The van der Waals surface area contributed by atoms with Crippen LogP contribution < -0.4 is 5.32 Å². The molecule has 0 fully saturated rings. The number of aryl methyl sites for hydroxylation is 1. The molecule has 4 heteroatoms. The molecule has 0 atom stereocenters. The number of nitrogens with zero attached hydrogens (tertiary/aromatic N) is 1. The van der Waals surface area contributed by atoms with Gasteiger partial charge >= 0.3 is 0 Å². The summed E-state index contributed by atoms with van der Waals surface area (Å²) < 4.78 is 0. The molecule has 0 radical (unpaired) electrons. The summed E-state index contributed by atoms with van der Waals surface area (Å²) in [6, 6.07) is 0. The molecule has 0 aliphatic heterocycles. The molecule has 0 saturated carbocycles. The van der Waals surface area contributed by atoms with Crippen LogP contribution in [0.3, 0.4) is 0 Å². The summed E-state index contributed by atoms with van der Waals surface area (Å²) in [6.07, 6.45) is 5.33. The number of nitrogens with one attached hydrogen (secondary N) is 1. The van der Waals surface area contributed by atoms with Gasteiger partial charge in [0, 0.05) is 17.0 Å². The fourth-order valence-electron chi connectivity index (χ4n) is 1.68. The van der Waals surface area contributed by atoms with E-state index < -0.39 is 0 Å². The monoisotopic (exact) mass is 252 g/mol. The maximum Gasteiger partial charge on any atom is 0.244 e. The SMILES string of the molecule is CCCC(C)(C)NC(=O)C=Cc1csc(C)n1. The van der Waals surface area contributed by atoms with Gasteiger partial charge in [-0.05, 0) is 33.3 Å². The van der Waals surface area contributed by atoms with Gasteiger partial charge in [-0.25, -0.2) is 4.98 Å². The fraction of sp³-hybridized carbons (Fsp3) is 0.538. The van der Waals surface area contributed by atoms with Crippen molar-refractivity contribution in [3.8, 4) is 0 Å². The zero-order valence-electron chi connectivity index (χ0n) is 10.9. The molecule has 1 amide bonds. The summed E-state index contributed by atoms with van der Waals surface area (Å²) in [5, 5.41) is 5.94. The Morgan fingerprint density at radius 1 is 1.59 bits per heavy atom. The summed E-state index contributed by atoms with van der Waals surface area (Å²) >= 11 is 1.58. The highest BCUT2D eigenvalue weighted by atomic mass is 32.1. The molecule has 0 unspecified atom stereocenters. The molecule has 0 saturated heterocycles. The molecule has 1 aromatic heterocycles. The van der Waals surface area contributed by atoms with Crippen LogP contribution in [0, 0.1) is 6.92 Å². The molecular formula is C13H20N2OS. The van der Waals surface area contributed by atoms with Gasteiger partial charge in [0.05, 0.1) is 10.7 Å². The third-order valence-electron chi connectivity index (χ3n) is 2.38. The van der Waals surface area contributed by atoms with Gasteiger partial charge in [-0.2, -0.15) is 0 Å². The van der Waals surface area contributed by atoms with Crippen molar-refractivity contribution in [1.82, 2.24) is 10.3 Å².